The number of hydrogen-bond acceptors (Lipinski definition) is 5. The molecule has 6 nitrogen and oxygen atoms in total. The maximum Gasteiger partial charge on any atom is 0.141 e. The van der Waals surface area contributed by atoms with E-state index in [-0.39, 0.29) is 0 Å². The summed E-state index contributed by atoms with van der Waals surface area (Å²) < 4.78 is 12.9. The van der Waals surface area contributed by atoms with E-state index >= 15 is 0 Å². The minimum absolute atomic E-state index is 0.297. The second-order valence-corrected chi connectivity index (χ2v) is 7.15. The molecule has 2 heterocycles. The predicted octanol–water partition coefficient (Wildman–Crippen LogP) is 4.10. The molecule has 1 atom stereocenters. The van der Waals surface area contributed by atoms with Crippen LogP contribution < -0.4 is 0 Å². The first kappa shape index (κ1) is 17.2. The number of nitrogens with zero attached hydrogens (tertiary/aromatic N) is 3. The first-order valence-corrected chi connectivity index (χ1v) is 9.19. The third kappa shape index (κ3) is 2.64. The molecule has 1 unspecified atom stereocenters. The van der Waals surface area contributed by atoms with E-state index in [1.54, 1.807) is 7.11 Å². The van der Waals surface area contributed by atoms with Crippen molar-refractivity contribution < 1.29 is 14.4 Å². The second-order valence-electron chi connectivity index (χ2n) is 7.15. The number of ether oxygens (including phenoxy) is 1. The van der Waals surface area contributed by atoms with E-state index in [1.807, 2.05) is 20.8 Å². The number of fused-ring (bicyclic) bond motifs is 1. The van der Waals surface area contributed by atoms with Crippen molar-refractivity contribution in [2.75, 3.05) is 7.11 Å². The number of aryl methyl sites for hydroxylation is 2. The Morgan fingerprint density at radius 3 is 2.73 bits per heavy atom. The summed E-state index contributed by atoms with van der Waals surface area (Å²) in [7, 11) is 1.75. The molecule has 4 rings (SSSR count). The number of aliphatic hydroxyl groups is 1. The molecule has 1 aliphatic rings. The van der Waals surface area contributed by atoms with Gasteiger partial charge >= 0.3 is 0 Å². The molecule has 1 fully saturated rings. The molecular formula is C20H25N3O3. The lowest BCUT2D eigenvalue weighted by molar-refractivity contribution is 0.00426. The Balaban J connectivity index is 1.82. The zero-order chi connectivity index (χ0) is 18.4. The van der Waals surface area contributed by atoms with Crippen molar-refractivity contribution in [2.45, 2.75) is 58.3 Å². The third-order valence-corrected chi connectivity index (χ3v) is 5.49. The van der Waals surface area contributed by atoms with Gasteiger partial charge in [-0.3, -0.25) is 0 Å². The lowest BCUT2D eigenvalue weighted by Gasteiger charge is -2.36. The van der Waals surface area contributed by atoms with E-state index in [1.165, 1.54) is 0 Å². The molecule has 2 aromatic heterocycles. The van der Waals surface area contributed by atoms with E-state index < -0.39 is 6.10 Å². The van der Waals surface area contributed by atoms with Crippen LogP contribution in [0.2, 0.25) is 0 Å². The van der Waals surface area contributed by atoms with Crippen molar-refractivity contribution in [1.82, 2.24) is 14.7 Å². The van der Waals surface area contributed by atoms with Crippen molar-refractivity contribution >= 4 is 11.0 Å². The number of imidazole rings is 1. The summed E-state index contributed by atoms with van der Waals surface area (Å²) in [5.74, 6) is 1.55. The summed E-state index contributed by atoms with van der Waals surface area (Å²) in [4.78, 5) is 4.79. The van der Waals surface area contributed by atoms with Crippen LogP contribution in [0.1, 0.15) is 55.6 Å². The number of rotatable bonds is 5. The smallest absolute Gasteiger partial charge is 0.141 e. The molecule has 0 spiro atoms. The van der Waals surface area contributed by atoms with Gasteiger partial charge in [-0.25, -0.2) is 4.98 Å². The van der Waals surface area contributed by atoms with E-state index in [0.717, 1.165) is 52.3 Å². The molecule has 138 valence electrons. The first-order chi connectivity index (χ1) is 12.5. The Bertz CT molecular complexity index is 918. The summed E-state index contributed by atoms with van der Waals surface area (Å²) in [5, 5.41) is 14.6. The second kappa shape index (κ2) is 6.52. The highest BCUT2D eigenvalue weighted by atomic mass is 16.5. The lowest BCUT2D eigenvalue weighted by Crippen LogP contribution is -2.33. The van der Waals surface area contributed by atoms with E-state index in [2.05, 4.69) is 27.9 Å². The standard InChI is InChI=1S/C20H25N3O3/c1-5-18(24)20-21-16-8-13(19-11(2)22-26-12(19)3)6-7-17(16)23(20)14-9-15(10-14)25-4/h6-8,14-15,18,24H,5,9-10H2,1-4H3/t14-,15+,18?. The summed E-state index contributed by atoms with van der Waals surface area (Å²) in [5.41, 5.74) is 4.88. The molecule has 0 saturated heterocycles. The zero-order valence-corrected chi connectivity index (χ0v) is 15.7. The minimum atomic E-state index is -0.563. The number of benzene rings is 1. The topological polar surface area (TPSA) is 73.3 Å². The van der Waals surface area contributed by atoms with E-state index in [4.69, 9.17) is 14.2 Å². The number of methoxy groups -OCH3 is 1. The highest BCUT2D eigenvalue weighted by molar-refractivity contribution is 5.83. The quantitative estimate of drug-likeness (QED) is 0.746. The van der Waals surface area contributed by atoms with Gasteiger partial charge in [-0.05, 0) is 50.8 Å². The summed E-state index contributed by atoms with van der Waals surface area (Å²) in [6, 6.07) is 6.57. The molecule has 0 radical (unpaired) electrons. The molecule has 1 N–H and O–H groups in total. The van der Waals surface area contributed by atoms with Gasteiger partial charge in [-0.1, -0.05) is 18.1 Å². The molecule has 0 bridgehead atoms. The largest absolute Gasteiger partial charge is 0.385 e. The normalized spacial score (nSPS) is 21.1. The van der Waals surface area contributed by atoms with Gasteiger partial charge in [0.1, 0.15) is 17.7 Å². The van der Waals surface area contributed by atoms with Crippen molar-refractivity contribution in [3.8, 4) is 11.1 Å². The van der Waals surface area contributed by atoms with Crippen LogP contribution in [0.15, 0.2) is 22.7 Å². The molecule has 1 saturated carbocycles. The number of aliphatic hydroxyl groups excluding tert-OH is 1. The Morgan fingerprint density at radius 1 is 1.35 bits per heavy atom. The highest BCUT2D eigenvalue weighted by Gasteiger charge is 2.34. The highest BCUT2D eigenvalue weighted by Crippen LogP contribution is 2.40. The lowest BCUT2D eigenvalue weighted by atomic mass is 9.88. The summed E-state index contributed by atoms with van der Waals surface area (Å²) >= 11 is 0. The van der Waals surface area contributed by atoms with Gasteiger partial charge in [-0.2, -0.15) is 0 Å². The molecule has 0 amide bonds. The van der Waals surface area contributed by atoms with E-state index in [0.29, 0.717) is 18.6 Å². The van der Waals surface area contributed by atoms with Gasteiger partial charge in [0.2, 0.25) is 0 Å². The van der Waals surface area contributed by atoms with Crippen LogP contribution >= 0.6 is 0 Å². The Kier molecular flexibility index (Phi) is 4.32. The summed E-state index contributed by atoms with van der Waals surface area (Å²) in [6.45, 7) is 5.84. The monoisotopic (exact) mass is 355 g/mol. The Labute approximate surface area is 152 Å². The van der Waals surface area contributed by atoms with Crippen molar-refractivity contribution in [3.63, 3.8) is 0 Å². The number of hydrogen-bond donors (Lipinski definition) is 1. The minimum Gasteiger partial charge on any atom is -0.385 e. The summed E-state index contributed by atoms with van der Waals surface area (Å²) in [6.07, 6.45) is 2.28. The van der Waals surface area contributed by atoms with Gasteiger partial charge in [0.15, 0.2) is 0 Å². The molecular weight excluding hydrogens is 330 g/mol. The molecule has 1 aliphatic carbocycles. The maximum absolute atomic E-state index is 10.5. The van der Waals surface area contributed by atoms with Crippen LogP contribution in [0, 0.1) is 13.8 Å². The van der Waals surface area contributed by atoms with Gasteiger partial charge in [-0.15, -0.1) is 0 Å². The van der Waals surface area contributed by atoms with Gasteiger partial charge in [0.25, 0.3) is 0 Å². The van der Waals surface area contributed by atoms with Crippen LogP contribution in [0.3, 0.4) is 0 Å². The first-order valence-electron chi connectivity index (χ1n) is 9.19. The fourth-order valence-corrected chi connectivity index (χ4v) is 3.91. The fourth-order valence-electron chi connectivity index (χ4n) is 3.91. The van der Waals surface area contributed by atoms with Crippen LogP contribution in [0.25, 0.3) is 22.2 Å². The predicted molar refractivity (Wildman–Crippen MR) is 99.0 cm³/mol. The Hall–Kier alpha value is -2.18. The maximum atomic E-state index is 10.5. The van der Waals surface area contributed by atoms with Crippen LogP contribution in [-0.4, -0.2) is 33.0 Å². The average molecular weight is 355 g/mol. The van der Waals surface area contributed by atoms with Crippen LogP contribution in [0.4, 0.5) is 0 Å². The molecule has 26 heavy (non-hydrogen) atoms. The molecule has 6 heteroatoms. The average Bonchev–Trinajstić information content (AvgIpc) is 3.13. The molecule has 0 aliphatic heterocycles. The zero-order valence-electron chi connectivity index (χ0n) is 15.7. The van der Waals surface area contributed by atoms with Gasteiger partial charge in [0.05, 0.1) is 22.8 Å². The van der Waals surface area contributed by atoms with E-state index in [9.17, 15) is 5.11 Å². The van der Waals surface area contributed by atoms with Crippen molar-refractivity contribution in [2.24, 2.45) is 0 Å². The molecule has 3 aromatic rings. The van der Waals surface area contributed by atoms with Crippen LogP contribution in [0.5, 0.6) is 0 Å². The van der Waals surface area contributed by atoms with Gasteiger partial charge in [0, 0.05) is 18.7 Å². The Morgan fingerprint density at radius 2 is 2.12 bits per heavy atom. The third-order valence-electron chi connectivity index (χ3n) is 5.49. The van der Waals surface area contributed by atoms with Crippen molar-refractivity contribution in [3.05, 3.63) is 35.5 Å². The SMILES string of the molecule is CCC(O)c1nc2cc(-c3c(C)noc3C)ccc2n1[C@H]1C[C@@H](OC)C1. The number of aromatic nitrogens is 3. The van der Waals surface area contributed by atoms with Gasteiger partial charge < -0.3 is 18.9 Å². The van der Waals surface area contributed by atoms with Crippen molar-refractivity contribution in [1.29, 1.82) is 0 Å². The fraction of sp³-hybridized carbons (Fsp3) is 0.500. The molecule has 1 aromatic carbocycles. The van der Waals surface area contributed by atoms with Crippen LogP contribution in [-0.2, 0) is 4.74 Å².